The predicted molar refractivity (Wildman–Crippen MR) is 77.6 cm³/mol. The third-order valence-corrected chi connectivity index (χ3v) is 4.35. The van der Waals surface area contributed by atoms with Gasteiger partial charge in [0.05, 0.1) is 6.61 Å². The van der Waals surface area contributed by atoms with Crippen LogP contribution in [-0.4, -0.2) is 51.3 Å². The first-order valence-corrected chi connectivity index (χ1v) is 7.10. The van der Waals surface area contributed by atoms with Crippen molar-refractivity contribution >= 4 is 0 Å². The molecular weight excluding hydrogens is 292 g/mol. The van der Waals surface area contributed by atoms with E-state index in [0.29, 0.717) is 5.56 Å². The summed E-state index contributed by atoms with van der Waals surface area (Å²) in [5, 5.41) is 20.2. The maximum absolute atomic E-state index is 12.0. The van der Waals surface area contributed by atoms with E-state index in [-0.39, 0.29) is 5.92 Å². The van der Waals surface area contributed by atoms with Gasteiger partial charge in [0.15, 0.2) is 6.23 Å². The predicted octanol–water partition coefficient (Wildman–Crippen LogP) is -0.863. The van der Waals surface area contributed by atoms with E-state index in [1.54, 1.807) is 20.8 Å². The normalized spacial score (nSPS) is 31.9. The number of methoxy groups -OCH3 is 1. The number of nitrogens with one attached hydrogen (secondary N) is 1. The summed E-state index contributed by atoms with van der Waals surface area (Å²) < 4.78 is 12.3. The maximum atomic E-state index is 12.0. The highest BCUT2D eigenvalue weighted by Gasteiger charge is 2.57. The Balaban J connectivity index is 2.54. The quantitative estimate of drug-likeness (QED) is 0.666. The maximum Gasteiger partial charge on any atom is 0.330 e. The summed E-state index contributed by atoms with van der Waals surface area (Å²) in [6, 6.07) is 0. The third-order valence-electron chi connectivity index (χ3n) is 4.35. The first-order valence-electron chi connectivity index (χ1n) is 7.10. The van der Waals surface area contributed by atoms with Crippen molar-refractivity contribution in [2.24, 2.45) is 5.92 Å². The summed E-state index contributed by atoms with van der Waals surface area (Å²) in [6.45, 7) is 4.74. The minimum atomic E-state index is -1.24. The molecule has 1 fully saturated rings. The zero-order valence-corrected chi connectivity index (χ0v) is 13.1. The van der Waals surface area contributed by atoms with Crippen LogP contribution in [0.25, 0.3) is 0 Å². The molecule has 0 spiro atoms. The molecule has 0 aromatic carbocycles. The van der Waals surface area contributed by atoms with Crippen molar-refractivity contribution in [3.05, 3.63) is 32.6 Å². The van der Waals surface area contributed by atoms with E-state index < -0.39 is 41.9 Å². The Bertz CT molecular complexity index is 651. The number of aliphatic hydroxyl groups excluding tert-OH is 2. The molecular formula is C14H22N2O6. The highest BCUT2D eigenvalue weighted by molar-refractivity contribution is 5.07. The van der Waals surface area contributed by atoms with Gasteiger partial charge in [0.1, 0.15) is 17.8 Å². The Morgan fingerprint density at radius 1 is 1.50 bits per heavy atom. The van der Waals surface area contributed by atoms with Crippen LogP contribution in [0.3, 0.4) is 0 Å². The Labute approximate surface area is 127 Å². The van der Waals surface area contributed by atoms with E-state index in [4.69, 9.17) is 9.47 Å². The molecule has 3 N–H and O–H groups in total. The summed E-state index contributed by atoms with van der Waals surface area (Å²) in [6.07, 6.45) is -1.56. The van der Waals surface area contributed by atoms with Crippen LogP contribution >= 0.6 is 0 Å². The van der Waals surface area contributed by atoms with Crippen molar-refractivity contribution in [1.82, 2.24) is 9.55 Å². The van der Waals surface area contributed by atoms with Gasteiger partial charge >= 0.3 is 5.69 Å². The number of aromatic amines is 1. The molecule has 4 atom stereocenters. The van der Waals surface area contributed by atoms with Gasteiger partial charge < -0.3 is 19.7 Å². The molecule has 22 heavy (non-hydrogen) atoms. The lowest BCUT2D eigenvalue weighted by Crippen LogP contribution is -2.50. The van der Waals surface area contributed by atoms with Crippen LogP contribution in [0.15, 0.2) is 15.8 Å². The number of rotatable bonds is 4. The summed E-state index contributed by atoms with van der Waals surface area (Å²) in [5.41, 5.74) is -2.05. The molecule has 1 aromatic heterocycles. The van der Waals surface area contributed by atoms with Crippen molar-refractivity contribution in [3.8, 4) is 0 Å². The second kappa shape index (κ2) is 5.96. The molecule has 0 aliphatic carbocycles. The highest BCUT2D eigenvalue weighted by Crippen LogP contribution is 2.42. The first kappa shape index (κ1) is 16.9. The van der Waals surface area contributed by atoms with Crippen LogP contribution in [0, 0.1) is 12.8 Å². The fourth-order valence-electron chi connectivity index (χ4n) is 2.82. The zero-order chi connectivity index (χ0) is 16.7. The second-order valence-corrected chi connectivity index (χ2v) is 5.90. The third kappa shape index (κ3) is 2.41. The number of hydrogen-bond acceptors (Lipinski definition) is 6. The molecule has 1 aliphatic heterocycles. The van der Waals surface area contributed by atoms with E-state index in [0.717, 1.165) is 0 Å². The average Bonchev–Trinajstić information content (AvgIpc) is 2.76. The zero-order valence-electron chi connectivity index (χ0n) is 13.1. The van der Waals surface area contributed by atoms with Gasteiger partial charge in [-0.3, -0.25) is 14.3 Å². The molecule has 8 heteroatoms. The molecule has 0 unspecified atom stereocenters. The lowest BCUT2D eigenvalue weighted by Gasteiger charge is -2.34. The molecule has 2 heterocycles. The number of nitrogens with zero attached hydrogens (tertiary/aromatic N) is 1. The molecule has 8 nitrogen and oxygen atoms in total. The van der Waals surface area contributed by atoms with Crippen molar-refractivity contribution in [2.45, 2.75) is 44.8 Å². The first-order chi connectivity index (χ1) is 10.3. The van der Waals surface area contributed by atoms with Crippen molar-refractivity contribution in [1.29, 1.82) is 0 Å². The van der Waals surface area contributed by atoms with Gasteiger partial charge in [0.25, 0.3) is 5.56 Å². The Hall–Kier alpha value is -1.48. The van der Waals surface area contributed by atoms with Gasteiger partial charge in [0, 0.05) is 18.9 Å². The molecule has 124 valence electrons. The largest absolute Gasteiger partial charge is 0.393 e. The van der Waals surface area contributed by atoms with Crippen LogP contribution < -0.4 is 11.2 Å². The lowest BCUT2D eigenvalue weighted by molar-refractivity contribution is -0.153. The molecule has 1 saturated heterocycles. The minimum Gasteiger partial charge on any atom is -0.393 e. The van der Waals surface area contributed by atoms with Crippen LogP contribution in [0.4, 0.5) is 0 Å². The van der Waals surface area contributed by atoms with Gasteiger partial charge in [-0.15, -0.1) is 0 Å². The molecule has 2 rings (SSSR count). The number of hydrogen-bond donors (Lipinski definition) is 3. The molecule has 0 saturated carbocycles. The van der Waals surface area contributed by atoms with Gasteiger partial charge in [-0.2, -0.15) is 0 Å². The standard InChI is InChI=1S/C14H22N2O6/c1-7(2)14(6-17)10(18)9(21-4)12(22-14)16-5-8(3)11(19)15-13(16)20/h5,7,9-10,12,17-18H,6H2,1-4H3,(H,15,19,20)/t9-,10+,12-,14+/m1/s1. The Morgan fingerprint density at radius 3 is 2.64 bits per heavy atom. The van der Waals surface area contributed by atoms with E-state index >= 15 is 0 Å². The topological polar surface area (TPSA) is 114 Å². The fourth-order valence-corrected chi connectivity index (χ4v) is 2.82. The molecule has 1 aromatic rings. The SMILES string of the molecule is CO[C@H]1[C@H](n2cc(C)c(=O)[nH]c2=O)O[C@@](CO)(C(C)C)[C@H]1O. The monoisotopic (exact) mass is 314 g/mol. The van der Waals surface area contributed by atoms with Crippen LogP contribution in [0.2, 0.25) is 0 Å². The van der Waals surface area contributed by atoms with Crippen molar-refractivity contribution in [3.63, 3.8) is 0 Å². The van der Waals surface area contributed by atoms with Gasteiger partial charge in [-0.05, 0) is 12.8 Å². The Morgan fingerprint density at radius 2 is 2.14 bits per heavy atom. The number of H-pyrrole nitrogens is 1. The van der Waals surface area contributed by atoms with Crippen molar-refractivity contribution in [2.75, 3.05) is 13.7 Å². The summed E-state index contributed by atoms with van der Waals surface area (Å²) >= 11 is 0. The van der Waals surface area contributed by atoms with E-state index in [1.165, 1.54) is 17.9 Å². The minimum absolute atomic E-state index is 0.213. The van der Waals surface area contributed by atoms with E-state index in [9.17, 15) is 19.8 Å². The number of aryl methyl sites for hydroxylation is 1. The molecule has 0 amide bonds. The van der Waals surface area contributed by atoms with E-state index in [2.05, 4.69) is 4.98 Å². The summed E-state index contributed by atoms with van der Waals surface area (Å²) in [5.74, 6) is -0.213. The van der Waals surface area contributed by atoms with Gasteiger partial charge in [0.2, 0.25) is 0 Å². The molecule has 0 radical (unpaired) electrons. The second-order valence-electron chi connectivity index (χ2n) is 5.90. The lowest BCUT2D eigenvalue weighted by atomic mass is 9.85. The molecule has 1 aliphatic rings. The van der Waals surface area contributed by atoms with Gasteiger partial charge in [-0.1, -0.05) is 13.8 Å². The smallest absolute Gasteiger partial charge is 0.330 e. The van der Waals surface area contributed by atoms with Gasteiger partial charge in [-0.25, -0.2) is 4.79 Å². The molecule has 0 bridgehead atoms. The number of ether oxygens (including phenoxy) is 2. The number of aliphatic hydroxyl groups is 2. The van der Waals surface area contributed by atoms with E-state index in [1.807, 2.05) is 0 Å². The summed E-state index contributed by atoms with van der Waals surface area (Å²) in [7, 11) is 1.39. The average molecular weight is 314 g/mol. The fraction of sp³-hybridized carbons (Fsp3) is 0.714. The highest BCUT2D eigenvalue weighted by atomic mass is 16.6. The van der Waals surface area contributed by atoms with Crippen LogP contribution in [-0.2, 0) is 9.47 Å². The van der Waals surface area contributed by atoms with Crippen LogP contribution in [0.1, 0.15) is 25.6 Å². The Kier molecular flexibility index (Phi) is 4.57. The summed E-state index contributed by atoms with van der Waals surface area (Å²) in [4.78, 5) is 25.7. The van der Waals surface area contributed by atoms with Crippen LogP contribution in [0.5, 0.6) is 0 Å². The number of aromatic nitrogens is 2. The van der Waals surface area contributed by atoms with Crippen molar-refractivity contribution < 1.29 is 19.7 Å².